The second kappa shape index (κ2) is 5.48. The summed E-state index contributed by atoms with van der Waals surface area (Å²) in [6.45, 7) is 1.82. The smallest absolute Gasteiger partial charge is 0.00582 e. The van der Waals surface area contributed by atoms with E-state index in [1.807, 2.05) is 6.92 Å². The van der Waals surface area contributed by atoms with Crippen molar-refractivity contribution in [3.63, 3.8) is 0 Å². The lowest BCUT2D eigenvalue weighted by Crippen LogP contribution is -1.87. The summed E-state index contributed by atoms with van der Waals surface area (Å²) < 4.78 is 0. The molecule has 0 radical (unpaired) electrons. The maximum Gasteiger partial charge on any atom is 0.00582 e. The lowest BCUT2D eigenvalue weighted by molar-refractivity contribution is 0.795. The van der Waals surface area contributed by atoms with Gasteiger partial charge in [0.2, 0.25) is 0 Å². The van der Waals surface area contributed by atoms with Gasteiger partial charge in [0.25, 0.3) is 0 Å². The average Bonchev–Trinajstić information content (AvgIpc) is 1.80. The van der Waals surface area contributed by atoms with Crippen LogP contribution < -0.4 is 0 Å². The van der Waals surface area contributed by atoms with Gasteiger partial charge in [0.1, 0.15) is 0 Å². The summed E-state index contributed by atoms with van der Waals surface area (Å²) in [7, 11) is 0. The second-order valence-corrected chi connectivity index (χ2v) is 2.23. The van der Waals surface area contributed by atoms with Crippen LogP contribution in [0.5, 0.6) is 0 Å². The third-order valence-electron chi connectivity index (χ3n) is 1.15. The van der Waals surface area contributed by atoms with Gasteiger partial charge in [-0.05, 0) is 38.8 Å². The highest BCUT2D eigenvalue weighted by molar-refractivity contribution is 5.78. The Bertz CT molecular complexity index is 97.1. The first kappa shape index (κ1) is 8.34. The molecule has 9 heavy (non-hydrogen) atoms. The zero-order chi connectivity index (χ0) is 7.11. The molecule has 0 bridgehead atoms. The number of unbranched alkanes of at least 4 members (excludes halogenated alkanes) is 2. The topological polar surface area (TPSA) is 47.7 Å². The number of rotatable bonds is 5. The summed E-state index contributed by atoms with van der Waals surface area (Å²) in [6, 6.07) is 0. The molecule has 2 nitrogen and oxygen atoms in total. The van der Waals surface area contributed by atoms with Crippen molar-refractivity contribution in [1.82, 2.24) is 0 Å². The van der Waals surface area contributed by atoms with Crippen LogP contribution in [0.15, 0.2) is 0 Å². The van der Waals surface area contributed by atoms with Crippen LogP contribution in [0.2, 0.25) is 0 Å². The predicted molar refractivity (Wildman–Crippen MR) is 40.7 cm³/mol. The van der Waals surface area contributed by atoms with E-state index in [1.165, 1.54) is 6.21 Å². The molecule has 0 heterocycles. The molecule has 0 amide bonds. The summed E-state index contributed by atoms with van der Waals surface area (Å²) >= 11 is 0. The van der Waals surface area contributed by atoms with Crippen molar-refractivity contribution in [3.05, 3.63) is 0 Å². The molecule has 2 heteroatoms. The molecule has 0 saturated heterocycles. The van der Waals surface area contributed by atoms with Crippen molar-refractivity contribution in [1.29, 1.82) is 10.8 Å². The first-order valence-corrected chi connectivity index (χ1v) is 3.30. The van der Waals surface area contributed by atoms with Crippen LogP contribution in [0, 0.1) is 10.8 Å². The standard InChI is InChI=1S/C7H14N2/c1-7(9)5-3-2-4-6-8/h6,8-9H,2-5H2,1H3. The van der Waals surface area contributed by atoms with Crippen LogP contribution in [0.25, 0.3) is 0 Å². The second-order valence-electron chi connectivity index (χ2n) is 2.23. The molecule has 0 unspecified atom stereocenters. The van der Waals surface area contributed by atoms with Gasteiger partial charge in [-0.15, -0.1) is 0 Å². The Hall–Kier alpha value is -0.660. The highest BCUT2D eigenvalue weighted by Gasteiger charge is 1.87. The Balaban J connectivity index is 2.91. The Morgan fingerprint density at radius 1 is 1.44 bits per heavy atom. The van der Waals surface area contributed by atoms with Gasteiger partial charge in [0.15, 0.2) is 0 Å². The number of nitrogens with one attached hydrogen (secondary N) is 2. The lowest BCUT2D eigenvalue weighted by Gasteiger charge is -1.93. The van der Waals surface area contributed by atoms with Gasteiger partial charge in [0, 0.05) is 5.71 Å². The molecule has 0 aromatic carbocycles. The molecule has 0 aromatic rings. The quantitative estimate of drug-likeness (QED) is 0.419. The minimum Gasteiger partial charge on any atom is -0.313 e. The molecule has 0 spiro atoms. The molecule has 0 aromatic heterocycles. The number of hydrogen-bond acceptors (Lipinski definition) is 2. The zero-order valence-electron chi connectivity index (χ0n) is 5.91. The van der Waals surface area contributed by atoms with Crippen LogP contribution in [-0.2, 0) is 0 Å². The number of hydrogen-bond donors (Lipinski definition) is 2. The van der Waals surface area contributed by atoms with E-state index in [0.29, 0.717) is 0 Å². The summed E-state index contributed by atoms with van der Waals surface area (Å²) in [5.41, 5.74) is 0.750. The predicted octanol–water partition coefficient (Wildman–Crippen LogP) is 2.24. The molecule has 0 fully saturated rings. The van der Waals surface area contributed by atoms with E-state index >= 15 is 0 Å². The first-order chi connectivity index (χ1) is 4.27. The van der Waals surface area contributed by atoms with E-state index in [-0.39, 0.29) is 0 Å². The van der Waals surface area contributed by atoms with E-state index in [2.05, 4.69) is 0 Å². The monoisotopic (exact) mass is 126 g/mol. The summed E-state index contributed by atoms with van der Waals surface area (Å²) in [5.74, 6) is 0. The van der Waals surface area contributed by atoms with E-state index in [0.717, 1.165) is 31.4 Å². The molecule has 0 aliphatic rings. The molecule has 52 valence electrons. The minimum absolute atomic E-state index is 0.750. The van der Waals surface area contributed by atoms with Gasteiger partial charge < -0.3 is 10.8 Å². The van der Waals surface area contributed by atoms with Crippen molar-refractivity contribution < 1.29 is 0 Å². The molecule has 0 atom stereocenters. The fraction of sp³-hybridized carbons (Fsp3) is 0.714. The van der Waals surface area contributed by atoms with Gasteiger partial charge in [-0.1, -0.05) is 0 Å². The third kappa shape index (κ3) is 7.34. The molecule has 0 aliphatic heterocycles. The largest absolute Gasteiger partial charge is 0.313 e. The van der Waals surface area contributed by atoms with E-state index < -0.39 is 0 Å². The highest BCUT2D eigenvalue weighted by atomic mass is 14.4. The van der Waals surface area contributed by atoms with Crippen molar-refractivity contribution in [2.45, 2.75) is 32.6 Å². The maximum atomic E-state index is 7.07. The van der Waals surface area contributed by atoms with E-state index in [1.54, 1.807) is 0 Å². The molecular formula is C7H14N2. The SMILES string of the molecule is CC(=N)CCCCC=N. The Morgan fingerprint density at radius 2 is 2.11 bits per heavy atom. The van der Waals surface area contributed by atoms with E-state index in [4.69, 9.17) is 10.8 Å². The van der Waals surface area contributed by atoms with Crippen molar-refractivity contribution in [2.24, 2.45) is 0 Å². The van der Waals surface area contributed by atoms with Gasteiger partial charge in [-0.25, -0.2) is 0 Å². The maximum absolute atomic E-state index is 7.07. The van der Waals surface area contributed by atoms with Crippen LogP contribution in [-0.4, -0.2) is 11.9 Å². The first-order valence-electron chi connectivity index (χ1n) is 3.30. The lowest BCUT2D eigenvalue weighted by atomic mass is 10.1. The Labute approximate surface area is 56.3 Å². The van der Waals surface area contributed by atoms with Crippen LogP contribution in [0.3, 0.4) is 0 Å². The Morgan fingerprint density at radius 3 is 2.56 bits per heavy atom. The van der Waals surface area contributed by atoms with Gasteiger partial charge in [-0.3, -0.25) is 0 Å². The normalized spacial score (nSPS) is 9.00. The molecular weight excluding hydrogens is 112 g/mol. The fourth-order valence-corrected chi connectivity index (χ4v) is 0.637. The van der Waals surface area contributed by atoms with Crippen LogP contribution >= 0.6 is 0 Å². The van der Waals surface area contributed by atoms with Crippen LogP contribution in [0.1, 0.15) is 32.6 Å². The molecule has 0 aliphatic carbocycles. The van der Waals surface area contributed by atoms with Crippen LogP contribution in [0.4, 0.5) is 0 Å². The van der Waals surface area contributed by atoms with Gasteiger partial charge in [0.05, 0.1) is 0 Å². The van der Waals surface area contributed by atoms with E-state index in [9.17, 15) is 0 Å². The summed E-state index contributed by atoms with van der Waals surface area (Å²) in [5, 5.41) is 13.8. The van der Waals surface area contributed by atoms with Gasteiger partial charge in [-0.2, -0.15) is 0 Å². The summed E-state index contributed by atoms with van der Waals surface area (Å²) in [4.78, 5) is 0. The minimum atomic E-state index is 0.750. The van der Waals surface area contributed by atoms with Crippen molar-refractivity contribution in [2.75, 3.05) is 0 Å². The zero-order valence-corrected chi connectivity index (χ0v) is 5.91. The average molecular weight is 126 g/mol. The van der Waals surface area contributed by atoms with Crippen molar-refractivity contribution in [3.8, 4) is 0 Å². The highest BCUT2D eigenvalue weighted by Crippen LogP contribution is 1.97. The van der Waals surface area contributed by atoms with Crippen molar-refractivity contribution >= 4 is 11.9 Å². The molecule has 2 N–H and O–H groups in total. The summed E-state index contributed by atoms with van der Waals surface area (Å²) in [6.07, 6.45) is 5.31. The fourth-order valence-electron chi connectivity index (χ4n) is 0.637. The molecule has 0 rings (SSSR count). The Kier molecular flexibility index (Phi) is 5.07. The van der Waals surface area contributed by atoms with Gasteiger partial charge >= 0.3 is 0 Å². The molecule has 0 saturated carbocycles. The third-order valence-corrected chi connectivity index (χ3v) is 1.15.